The van der Waals surface area contributed by atoms with Gasteiger partial charge in [0.25, 0.3) is 5.91 Å². The average Bonchev–Trinajstić information content (AvgIpc) is 3.22. The van der Waals surface area contributed by atoms with Crippen molar-refractivity contribution in [1.29, 1.82) is 0 Å². The van der Waals surface area contributed by atoms with Gasteiger partial charge in [-0.25, -0.2) is 4.99 Å². The van der Waals surface area contributed by atoms with E-state index in [9.17, 15) is 9.59 Å². The van der Waals surface area contributed by atoms with Crippen molar-refractivity contribution >= 4 is 46.0 Å². The van der Waals surface area contributed by atoms with Gasteiger partial charge in [-0.2, -0.15) is 4.99 Å². The zero-order valence-corrected chi connectivity index (χ0v) is 19.5. The number of ether oxygens (including phenoxy) is 1. The van der Waals surface area contributed by atoms with Crippen molar-refractivity contribution in [2.24, 2.45) is 9.98 Å². The monoisotopic (exact) mass is 470 g/mol. The number of nitrogens with zero attached hydrogens (tertiary/aromatic N) is 3. The molecule has 2 aliphatic rings. The summed E-state index contributed by atoms with van der Waals surface area (Å²) < 4.78 is 5.24. The van der Waals surface area contributed by atoms with E-state index in [0.29, 0.717) is 22.4 Å². The van der Waals surface area contributed by atoms with E-state index in [1.165, 1.54) is 11.8 Å². The third-order valence-electron chi connectivity index (χ3n) is 5.61. The van der Waals surface area contributed by atoms with E-state index in [1.807, 2.05) is 84.6 Å². The van der Waals surface area contributed by atoms with E-state index in [4.69, 9.17) is 9.73 Å². The van der Waals surface area contributed by atoms with Crippen LogP contribution in [0.1, 0.15) is 24.1 Å². The second-order valence-corrected chi connectivity index (χ2v) is 9.16. The predicted octanol–water partition coefficient (Wildman–Crippen LogP) is 4.79. The highest BCUT2D eigenvalue weighted by Gasteiger charge is 2.43. The number of hydrogen-bond acceptors (Lipinski definition) is 6. The number of carbonyl (C=O) groups is 2. The number of anilines is 1. The maximum absolute atomic E-state index is 13.0. The lowest BCUT2D eigenvalue weighted by Crippen LogP contribution is -2.40. The molecule has 2 atom stereocenters. The maximum atomic E-state index is 13.0. The van der Waals surface area contributed by atoms with Crippen LogP contribution >= 0.6 is 11.8 Å². The molecule has 3 aromatic rings. The van der Waals surface area contributed by atoms with E-state index >= 15 is 0 Å². The van der Waals surface area contributed by atoms with Crippen molar-refractivity contribution in [1.82, 2.24) is 4.90 Å². The number of benzene rings is 3. The Hall–Kier alpha value is -3.91. The van der Waals surface area contributed by atoms with Gasteiger partial charge < -0.3 is 10.1 Å². The zero-order valence-electron chi connectivity index (χ0n) is 18.6. The molecule has 0 saturated carbocycles. The largest absolute Gasteiger partial charge is 0.497 e. The van der Waals surface area contributed by atoms with Crippen LogP contribution in [0.5, 0.6) is 5.75 Å². The normalized spacial score (nSPS) is 17.3. The fraction of sp³-hybridized carbons (Fsp3) is 0.154. The molecule has 34 heavy (non-hydrogen) atoms. The summed E-state index contributed by atoms with van der Waals surface area (Å²) in [6.07, 6.45) is 0. The smallest absolute Gasteiger partial charge is 0.275 e. The number of nitrogens with one attached hydrogen (secondary N) is 1. The third-order valence-corrected chi connectivity index (χ3v) is 6.67. The Balaban J connectivity index is 1.45. The van der Waals surface area contributed by atoms with Crippen molar-refractivity contribution in [3.05, 3.63) is 90.0 Å². The van der Waals surface area contributed by atoms with Crippen LogP contribution in [0, 0.1) is 0 Å². The van der Waals surface area contributed by atoms with Crippen LogP contribution in [0.4, 0.5) is 11.4 Å². The third kappa shape index (κ3) is 4.08. The molecule has 3 aromatic carbocycles. The minimum atomic E-state index is -0.621. The minimum Gasteiger partial charge on any atom is -0.497 e. The SMILES string of the molecule is COc1cccc(NC(=O)C(C)SC2=Nc3ccccc3C3=NC(=O)C(c4ccccc4)N23)c1. The van der Waals surface area contributed by atoms with Crippen LogP contribution in [-0.2, 0) is 9.59 Å². The zero-order chi connectivity index (χ0) is 23.7. The number of methoxy groups -OCH3 is 1. The summed E-state index contributed by atoms with van der Waals surface area (Å²) in [5.74, 6) is 0.792. The number of aliphatic imine (C=N–C) groups is 2. The van der Waals surface area contributed by atoms with Gasteiger partial charge in [-0.15, -0.1) is 0 Å². The van der Waals surface area contributed by atoms with Crippen LogP contribution in [0.2, 0.25) is 0 Å². The number of amides is 2. The quantitative estimate of drug-likeness (QED) is 0.580. The van der Waals surface area contributed by atoms with E-state index in [1.54, 1.807) is 13.2 Å². The number of thioether (sulfide) groups is 1. The molecular formula is C26H22N4O3S. The molecule has 170 valence electrons. The summed E-state index contributed by atoms with van der Waals surface area (Å²) >= 11 is 1.30. The molecule has 0 radical (unpaired) electrons. The van der Waals surface area contributed by atoms with Crippen molar-refractivity contribution in [3.63, 3.8) is 0 Å². The Kier molecular flexibility index (Phi) is 5.90. The highest BCUT2D eigenvalue weighted by Crippen LogP contribution is 2.40. The minimum absolute atomic E-state index is 0.180. The topological polar surface area (TPSA) is 83.4 Å². The van der Waals surface area contributed by atoms with Gasteiger partial charge in [0.05, 0.1) is 18.0 Å². The number of carbonyl (C=O) groups excluding carboxylic acids is 2. The first-order valence-corrected chi connectivity index (χ1v) is 11.7. The van der Waals surface area contributed by atoms with Gasteiger partial charge in [-0.1, -0.05) is 60.3 Å². The lowest BCUT2D eigenvalue weighted by Gasteiger charge is -2.32. The fourth-order valence-corrected chi connectivity index (χ4v) is 4.87. The average molecular weight is 471 g/mol. The molecule has 0 fully saturated rings. The lowest BCUT2D eigenvalue weighted by molar-refractivity contribution is -0.119. The summed E-state index contributed by atoms with van der Waals surface area (Å²) in [5.41, 5.74) is 3.00. The molecule has 0 aromatic heterocycles. The molecule has 2 unspecified atom stereocenters. The van der Waals surface area contributed by atoms with Gasteiger partial charge in [0.2, 0.25) is 5.91 Å². The van der Waals surface area contributed by atoms with Crippen LogP contribution in [-0.4, -0.2) is 40.1 Å². The van der Waals surface area contributed by atoms with Crippen molar-refractivity contribution in [3.8, 4) is 5.75 Å². The maximum Gasteiger partial charge on any atom is 0.275 e. The molecule has 2 heterocycles. The van der Waals surface area contributed by atoms with Crippen LogP contribution < -0.4 is 10.1 Å². The lowest BCUT2D eigenvalue weighted by atomic mass is 10.0. The fourth-order valence-electron chi connectivity index (χ4n) is 3.93. The van der Waals surface area contributed by atoms with Crippen molar-refractivity contribution in [2.75, 3.05) is 12.4 Å². The summed E-state index contributed by atoms with van der Waals surface area (Å²) in [6.45, 7) is 1.81. The Labute approximate surface area is 201 Å². The Morgan fingerprint density at radius 2 is 1.79 bits per heavy atom. The molecular weight excluding hydrogens is 448 g/mol. The van der Waals surface area contributed by atoms with Crippen LogP contribution in [0.25, 0.3) is 0 Å². The molecule has 7 nitrogen and oxygen atoms in total. The van der Waals surface area contributed by atoms with E-state index in [0.717, 1.165) is 16.8 Å². The Morgan fingerprint density at radius 1 is 1.03 bits per heavy atom. The number of fused-ring (bicyclic) bond motifs is 3. The van der Waals surface area contributed by atoms with E-state index in [-0.39, 0.29) is 11.8 Å². The summed E-state index contributed by atoms with van der Waals surface area (Å²) in [7, 11) is 1.58. The molecule has 2 amide bonds. The second-order valence-electron chi connectivity index (χ2n) is 7.85. The first-order chi connectivity index (χ1) is 16.5. The van der Waals surface area contributed by atoms with Gasteiger partial charge in [-0.3, -0.25) is 14.5 Å². The molecule has 5 rings (SSSR count). The standard InChI is InChI=1S/C26H22N4O3S/c1-16(24(31)27-18-11-8-12-19(15-18)33-2)34-26-28-21-14-7-6-13-20(21)23-29-25(32)22(30(23)26)17-9-4-3-5-10-17/h3-16,22H,1-2H3,(H,27,31). The van der Waals surface area contributed by atoms with Crippen LogP contribution in [0.15, 0.2) is 88.8 Å². The van der Waals surface area contributed by atoms with Gasteiger partial charge in [0.15, 0.2) is 5.17 Å². The number of rotatable bonds is 5. The van der Waals surface area contributed by atoms with Gasteiger partial charge in [-0.05, 0) is 36.8 Å². The summed E-state index contributed by atoms with van der Waals surface area (Å²) in [6, 6.07) is 23.7. The molecule has 0 aliphatic carbocycles. The second kappa shape index (κ2) is 9.15. The van der Waals surface area contributed by atoms with Gasteiger partial charge in [0, 0.05) is 17.3 Å². The van der Waals surface area contributed by atoms with Crippen LogP contribution in [0.3, 0.4) is 0 Å². The highest BCUT2D eigenvalue weighted by molar-refractivity contribution is 8.14. The van der Waals surface area contributed by atoms with Gasteiger partial charge >= 0.3 is 0 Å². The Morgan fingerprint density at radius 3 is 2.59 bits per heavy atom. The predicted molar refractivity (Wildman–Crippen MR) is 135 cm³/mol. The van der Waals surface area contributed by atoms with E-state index < -0.39 is 11.3 Å². The first-order valence-electron chi connectivity index (χ1n) is 10.8. The molecule has 0 bridgehead atoms. The Bertz CT molecular complexity index is 1320. The van der Waals surface area contributed by atoms with Crippen molar-refractivity contribution in [2.45, 2.75) is 18.2 Å². The number of hydrogen-bond donors (Lipinski definition) is 1. The van der Waals surface area contributed by atoms with E-state index in [2.05, 4.69) is 10.3 Å². The molecule has 8 heteroatoms. The highest BCUT2D eigenvalue weighted by atomic mass is 32.2. The first kappa shape index (κ1) is 21.9. The molecule has 0 saturated heterocycles. The van der Waals surface area contributed by atoms with Gasteiger partial charge in [0.1, 0.15) is 17.6 Å². The number of amidine groups is 2. The molecule has 2 aliphatic heterocycles. The molecule has 0 spiro atoms. The summed E-state index contributed by atoms with van der Waals surface area (Å²) in [4.78, 5) is 37.1. The number of para-hydroxylation sites is 1. The van der Waals surface area contributed by atoms with Crippen molar-refractivity contribution < 1.29 is 14.3 Å². The molecule has 1 N–H and O–H groups in total. The summed E-state index contributed by atoms with van der Waals surface area (Å²) in [5, 5.41) is 3.00.